The van der Waals surface area contributed by atoms with Crippen LogP contribution in [-0.4, -0.2) is 20.6 Å². The van der Waals surface area contributed by atoms with Crippen molar-refractivity contribution in [3.05, 3.63) is 98.8 Å². The van der Waals surface area contributed by atoms with Crippen LogP contribution in [0.2, 0.25) is 0 Å². The van der Waals surface area contributed by atoms with Gasteiger partial charge in [0.15, 0.2) is 0 Å². The van der Waals surface area contributed by atoms with Crippen LogP contribution in [-0.2, 0) is 41.1 Å². The van der Waals surface area contributed by atoms with E-state index in [1.165, 1.54) is 11.1 Å². The van der Waals surface area contributed by atoms with Gasteiger partial charge in [-0.25, -0.2) is 4.98 Å². The molecule has 6 nitrogen and oxygen atoms in total. The highest BCUT2D eigenvalue weighted by Crippen LogP contribution is 2.40. The summed E-state index contributed by atoms with van der Waals surface area (Å²) >= 11 is 0. The zero-order valence-corrected chi connectivity index (χ0v) is 19.6. The molecular weight excluding hydrogens is 440 g/mol. The third kappa shape index (κ3) is 3.48. The Morgan fingerprint density at radius 2 is 1.80 bits per heavy atom. The Morgan fingerprint density at radius 1 is 1.03 bits per heavy atom. The Hall–Kier alpha value is -3.77. The largest absolute Gasteiger partial charge is 0.460 e. The maximum absolute atomic E-state index is 13.7. The van der Waals surface area contributed by atoms with Crippen LogP contribution < -0.4 is 5.56 Å². The van der Waals surface area contributed by atoms with E-state index in [2.05, 4.69) is 30.3 Å². The minimum Gasteiger partial charge on any atom is -0.460 e. The maximum Gasteiger partial charge on any atom is 0.309 e. The molecule has 2 aliphatic heterocycles. The van der Waals surface area contributed by atoms with Gasteiger partial charge >= 0.3 is 5.97 Å². The van der Waals surface area contributed by atoms with Gasteiger partial charge in [-0.15, -0.1) is 0 Å². The molecule has 1 N–H and O–H groups in total. The number of cyclic esters (lactones) is 1. The van der Waals surface area contributed by atoms with Crippen molar-refractivity contribution in [2.24, 2.45) is 0 Å². The number of benzene rings is 2. The summed E-state index contributed by atoms with van der Waals surface area (Å²) in [4.78, 5) is 30.8. The molecule has 0 radical (unpaired) electrons. The minimum atomic E-state index is -1.44. The van der Waals surface area contributed by atoms with E-state index in [1.54, 1.807) is 4.57 Å². The van der Waals surface area contributed by atoms with Gasteiger partial charge in [-0.3, -0.25) is 9.59 Å². The van der Waals surface area contributed by atoms with Gasteiger partial charge in [-0.05, 0) is 48.1 Å². The molecule has 2 aromatic carbocycles. The van der Waals surface area contributed by atoms with Crippen LogP contribution in [0, 0.1) is 0 Å². The first-order valence-electron chi connectivity index (χ1n) is 12.1. The number of pyridine rings is 2. The van der Waals surface area contributed by atoms with Gasteiger partial charge in [0.25, 0.3) is 5.56 Å². The topological polar surface area (TPSA) is 81.4 Å². The summed E-state index contributed by atoms with van der Waals surface area (Å²) < 4.78 is 7.01. The number of hydrogen-bond donors (Lipinski definition) is 1. The van der Waals surface area contributed by atoms with Crippen molar-refractivity contribution < 1.29 is 14.6 Å². The number of nitrogens with zero attached hydrogens (tertiary/aromatic N) is 2. The number of aryl methyl sites for hydroxylation is 2. The number of rotatable bonds is 4. The van der Waals surface area contributed by atoms with Crippen molar-refractivity contribution in [2.45, 2.75) is 51.4 Å². The molecule has 4 aromatic rings. The Bertz CT molecular complexity index is 1540. The summed E-state index contributed by atoms with van der Waals surface area (Å²) in [5.74, 6) is -0.497. The van der Waals surface area contributed by atoms with Crippen LogP contribution in [0.5, 0.6) is 0 Å². The summed E-state index contributed by atoms with van der Waals surface area (Å²) in [6.07, 6.45) is 1.85. The van der Waals surface area contributed by atoms with Crippen LogP contribution in [0.15, 0.2) is 65.5 Å². The third-order valence-electron chi connectivity index (χ3n) is 7.48. The molecule has 6 heteroatoms. The first-order valence-corrected chi connectivity index (χ1v) is 12.1. The van der Waals surface area contributed by atoms with E-state index in [-0.39, 0.29) is 18.6 Å². The summed E-state index contributed by atoms with van der Waals surface area (Å²) in [5.41, 5.74) is 5.04. The molecule has 0 saturated carbocycles. The van der Waals surface area contributed by atoms with Crippen molar-refractivity contribution >= 4 is 16.9 Å². The van der Waals surface area contributed by atoms with E-state index in [1.807, 2.05) is 37.3 Å². The monoisotopic (exact) mass is 466 g/mol. The molecule has 0 amide bonds. The van der Waals surface area contributed by atoms with E-state index >= 15 is 0 Å². The normalized spacial score (nSPS) is 18.5. The van der Waals surface area contributed by atoms with Gasteiger partial charge in [0, 0.05) is 10.9 Å². The molecule has 35 heavy (non-hydrogen) atoms. The van der Waals surface area contributed by atoms with Crippen LogP contribution in [0.4, 0.5) is 0 Å². The molecule has 6 rings (SSSR count). The Labute approximate surface area is 202 Å². The number of ether oxygens (including phenoxy) is 1. The van der Waals surface area contributed by atoms with Gasteiger partial charge < -0.3 is 14.4 Å². The number of fused-ring (bicyclic) bond motifs is 5. The molecule has 2 aromatic heterocycles. The summed E-state index contributed by atoms with van der Waals surface area (Å²) in [6.45, 7) is 2.11. The summed E-state index contributed by atoms with van der Waals surface area (Å²) in [6, 6.07) is 20.3. The van der Waals surface area contributed by atoms with Gasteiger partial charge in [-0.1, -0.05) is 55.5 Å². The van der Waals surface area contributed by atoms with Gasteiger partial charge in [0.05, 0.1) is 35.4 Å². The number of carbonyl (C=O) groups excluding carboxylic acids is 1. The Kier molecular flexibility index (Phi) is 5.07. The molecule has 0 bridgehead atoms. The molecule has 1 atom stereocenters. The molecule has 0 saturated heterocycles. The fraction of sp³-hybridized carbons (Fsp3) is 0.276. The highest BCUT2D eigenvalue weighted by Gasteiger charge is 2.39. The van der Waals surface area contributed by atoms with E-state index in [4.69, 9.17) is 9.72 Å². The van der Waals surface area contributed by atoms with Crippen LogP contribution in [0.25, 0.3) is 22.3 Å². The lowest BCUT2D eigenvalue weighted by molar-refractivity contribution is -0.149. The lowest BCUT2D eigenvalue weighted by Gasteiger charge is -2.26. The van der Waals surface area contributed by atoms with E-state index < -0.39 is 11.6 Å². The van der Waals surface area contributed by atoms with E-state index in [0.717, 1.165) is 35.0 Å². The predicted octanol–water partition coefficient (Wildman–Crippen LogP) is 4.25. The number of aromatic nitrogens is 2. The number of hydrogen-bond acceptors (Lipinski definition) is 5. The highest BCUT2D eigenvalue weighted by molar-refractivity contribution is 5.88. The third-order valence-corrected chi connectivity index (χ3v) is 7.48. The quantitative estimate of drug-likeness (QED) is 0.401. The van der Waals surface area contributed by atoms with Gasteiger partial charge in [0.1, 0.15) is 12.2 Å². The fourth-order valence-electron chi connectivity index (χ4n) is 5.51. The first kappa shape index (κ1) is 21.7. The number of para-hydroxylation sites is 1. The Balaban J connectivity index is 1.54. The van der Waals surface area contributed by atoms with E-state index in [0.29, 0.717) is 29.8 Å². The Morgan fingerprint density at radius 3 is 2.60 bits per heavy atom. The van der Waals surface area contributed by atoms with Crippen LogP contribution >= 0.6 is 0 Å². The SMILES string of the molecule is CCC1(O)CC(=O)OCc2c1cc1n(c2=O)Cc2c-1nc1ccccc1c2CCc1ccccc1. The summed E-state index contributed by atoms with van der Waals surface area (Å²) in [5, 5.41) is 12.5. The lowest BCUT2D eigenvalue weighted by Crippen LogP contribution is -2.32. The zero-order valence-electron chi connectivity index (χ0n) is 19.6. The lowest BCUT2D eigenvalue weighted by atomic mass is 9.85. The van der Waals surface area contributed by atoms with Crippen molar-refractivity contribution in [3.63, 3.8) is 0 Å². The van der Waals surface area contributed by atoms with E-state index in [9.17, 15) is 14.7 Å². The second-order valence-corrected chi connectivity index (χ2v) is 9.46. The number of esters is 1. The van der Waals surface area contributed by atoms with Crippen LogP contribution in [0.1, 0.15) is 47.6 Å². The second kappa shape index (κ2) is 8.17. The van der Waals surface area contributed by atoms with Crippen molar-refractivity contribution in [1.82, 2.24) is 9.55 Å². The molecule has 4 heterocycles. The minimum absolute atomic E-state index is 0.123. The number of aliphatic hydroxyl groups is 1. The molecule has 0 spiro atoms. The van der Waals surface area contributed by atoms with Gasteiger partial charge in [0.2, 0.25) is 0 Å². The average Bonchev–Trinajstić information content (AvgIpc) is 3.18. The molecule has 1 unspecified atom stereocenters. The van der Waals surface area contributed by atoms with Crippen LogP contribution in [0.3, 0.4) is 0 Å². The average molecular weight is 467 g/mol. The summed E-state index contributed by atoms with van der Waals surface area (Å²) in [7, 11) is 0. The van der Waals surface area contributed by atoms with Gasteiger partial charge in [-0.2, -0.15) is 0 Å². The molecule has 176 valence electrons. The van der Waals surface area contributed by atoms with Crippen molar-refractivity contribution in [2.75, 3.05) is 0 Å². The molecule has 0 fully saturated rings. The number of carbonyl (C=O) groups is 1. The molecular formula is C29H26N2O4. The highest BCUT2D eigenvalue weighted by atomic mass is 16.5. The fourth-order valence-corrected chi connectivity index (χ4v) is 5.51. The predicted molar refractivity (Wildman–Crippen MR) is 133 cm³/mol. The second-order valence-electron chi connectivity index (χ2n) is 9.46. The molecule has 2 aliphatic rings. The smallest absolute Gasteiger partial charge is 0.309 e. The zero-order chi connectivity index (χ0) is 24.2. The van der Waals surface area contributed by atoms with Crippen molar-refractivity contribution in [3.8, 4) is 11.4 Å². The first-order chi connectivity index (χ1) is 17.0. The van der Waals surface area contributed by atoms with Crippen molar-refractivity contribution in [1.29, 1.82) is 0 Å². The molecule has 0 aliphatic carbocycles. The standard InChI is InChI=1S/C29H26N2O4/c1-2-29(34)15-26(32)35-17-22-23(29)14-25-27-21(16-31(25)28(22)33)19(13-12-18-8-4-3-5-9-18)20-10-6-7-11-24(20)30-27/h3-11,14,34H,2,12-13,15-17H2,1H3. The maximum atomic E-state index is 13.7.